The van der Waals surface area contributed by atoms with Crippen molar-refractivity contribution in [2.45, 2.75) is 6.54 Å². The van der Waals surface area contributed by atoms with Crippen LogP contribution in [0.4, 0.5) is 5.69 Å². The van der Waals surface area contributed by atoms with Gasteiger partial charge in [-0.15, -0.1) is 0 Å². The third kappa shape index (κ3) is 2.66. The summed E-state index contributed by atoms with van der Waals surface area (Å²) >= 11 is 0. The van der Waals surface area contributed by atoms with Crippen LogP contribution >= 0.6 is 0 Å². The van der Waals surface area contributed by atoms with Gasteiger partial charge in [-0.25, -0.2) is 0 Å². The molecule has 1 aromatic carbocycles. The number of hydrogen-bond donors (Lipinski definition) is 0. The topological polar surface area (TPSA) is 81.3 Å². The van der Waals surface area contributed by atoms with E-state index >= 15 is 0 Å². The number of carbonyl (C=O) groups excluding carboxylic acids is 1. The molecule has 0 aliphatic carbocycles. The number of carbonyl (C=O) groups is 1. The zero-order valence-electron chi connectivity index (χ0n) is 11.2. The highest BCUT2D eigenvalue weighted by Gasteiger charge is 2.22. The molecule has 0 atom stereocenters. The largest absolute Gasteiger partial charge is 0.336 e. The Balaban J connectivity index is 2.23. The minimum atomic E-state index is -0.550. The number of amides is 1. The zero-order chi connectivity index (χ0) is 14.7. The highest BCUT2D eigenvalue weighted by atomic mass is 16.6. The normalized spacial score (nSPS) is 10.3. The molecule has 1 amide bonds. The summed E-state index contributed by atoms with van der Waals surface area (Å²) in [6, 6.07) is 7.72. The minimum absolute atomic E-state index is 0.0853. The van der Waals surface area contributed by atoms with E-state index in [4.69, 9.17) is 0 Å². The molecule has 0 spiro atoms. The van der Waals surface area contributed by atoms with Crippen molar-refractivity contribution in [1.82, 2.24) is 14.7 Å². The maximum absolute atomic E-state index is 12.3. The molecule has 0 aliphatic rings. The Kier molecular flexibility index (Phi) is 3.79. The molecule has 1 heterocycles. The predicted octanol–water partition coefficient (Wildman–Crippen LogP) is 1.60. The number of benzene rings is 1. The van der Waals surface area contributed by atoms with Crippen molar-refractivity contribution in [3.8, 4) is 0 Å². The number of hydrogen-bond acceptors (Lipinski definition) is 4. The summed E-state index contributed by atoms with van der Waals surface area (Å²) < 4.78 is 1.66. The lowest BCUT2D eigenvalue weighted by molar-refractivity contribution is -0.385. The SMILES string of the molecule is CN(Cc1ccnn1C)C(=O)c1ccccc1[N+](=O)[O-]. The first kappa shape index (κ1) is 13.7. The van der Waals surface area contributed by atoms with Gasteiger partial charge in [0.05, 0.1) is 17.2 Å². The molecule has 0 saturated heterocycles. The first-order chi connectivity index (χ1) is 9.50. The molecule has 0 fully saturated rings. The highest BCUT2D eigenvalue weighted by Crippen LogP contribution is 2.19. The molecule has 104 valence electrons. The van der Waals surface area contributed by atoms with E-state index in [1.165, 1.54) is 23.1 Å². The second-order valence-electron chi connectivity index (χ2n) is 4.38. The van der Waals surface area contributed by atoms with Crippen molar-refractivity contribution in [3.63, 3.8) is 0 Å². The molecule has 0 aliphatic heterocycles. The van der Waals surface area contributed by atoms with Crippen molar-refractivity contribution in [3.05, 3.63) is 57.9 Å². The predicted molar refractivity (Wildman–Crippen MR) is 72.1 cm³/mol. The molecule has 7 nitrogen and oxygen atoms in total. The number of nitrogens with zero attached hydrogens (tertiary/aromatic N) is 4. The van der Waals surface area contributed by atoms with E-state index < -0.39 is 10.8 Å². The first-order valence-electron chi connectivity index (χ1n) is 5.96. The molecule has 0 unspecified atom stereocenters. The molecule has 2 aromatic rings. The summed E-state index contributed by atoms with van der Waals surface area (Å²) in [6.07, 6.45) is 1.64. The molecule has 1 aromatic heterocycles. The molecule has 0 bridgehead atoms. The van der Waals surface area contributed by atoms with Crippen LogP contribution in [0.3, 0.4) is 0 Å². The van der Waals surface area contributed by atoms with Crippen LogP contribution in [-0.4, -0.2) is 32.6 Å². The lowest BCUT2D eigenvalue weighted by Gasteiger charge is -2.17. The summed E-state index contributed by atoms with van der Waals surface area (Å²) in [5, 5.41) is 15.0. The van der Waals surface area contributed by atoms with Gasteiger partial charge in [-0.1, -0.05) is 12.1 Å². The third-order valence-corrected chi connectivity index (χ3v) is 3.00. The van der Waals surface area contributed by atoms with Gasteiger partial charge in [0.2, 0.25) is 0 Å². The Morgan fingerprint density at radius 3 is 2.70 bits per heavy atom. The Labute approximate surface area is 115 Å². The van der Waals surface area contributed by atoms with Crippen LogP contribution in [0.1, 0.15) is 16.1 Å². The number of aryl methyl sites for hydroxylation is 1. The Bertz CT molecular complexity index is 651. The van der Waals surface area contributed by atoms with Gasteiger partial charge in [-0.2, -0.15) is 5.10 Å². The fourth-order valence-corrected chi connectivity index (χ4v) is 1.89. The highest BCUT2D eigenvalue weighted by molar-refractivity contribution is 5.97. The summed E-state index contributed by atoms with van der Waals surface area (Å²) in [5.74, 6) is -0.390. The first-order valence-corrected chi connectivity index (χ1v) is 5.96. The smallest absolute Gasteiger partial charge is 0.282 e. The Morgan fingerprint density at radius 1 is 1.40 bits per heavy atom. The van der Waals surface area contributed by atoms with E-state index in [2.05, 4.69) is 5.10 Å². The van der Waals surface area contributed by atoms with Gasteiger partial charge >= 0.3 is 0 Å². The summed E-state index contributed by atoms with van der Waals surface area (Å²) in [4.78, 5) is 24.1. The average Bonchev–Trinajstić information content (AvgIpc) is 2.83. The van der Waals surface area contributed by atoms with Crippen LogP contribution in [0.2, 0.25) is 0 Å². The van der Waals surface area contributed by atoms with Gasteiger partial charge in [0.1, 0.15) is 5.56 Å². The molecule has 0 radical (unpaired) electrons. The van der Waals surface area contributed by atoms with Crippen molar-refractivity contribution < 1.29 is 9.72 Å². The van der Waals surface area contributed by atoms with E-state index in [1.54, 1.807) is 37.1 Å². The molecule has 20 heavy (non-hydrogen) atoms. The quantitative estimate of drug-likeness (QED) is 0.626. The minimum Gasteiger partial charge on any atom is -0.336 e. The number of aromatic nitrogens is 2. The Morgan fingerprint density at radius 2 is 2.10 bits per heavy atom. The van der Waals surface area contributed by atoms with Crippen molar-refractivity contribution in [1.29, 1.82) is 0 Å². The lowest BCUT2D eigenvalue weighted by atomic mass is 10.1. The maximum Gasteiger partial charge on any atom is 0.282 e. The molecule has 0 N–H and O–H groups in total. The van der Waals surface area contributed by atoms with Crippen LogP contribution in [-0.2, 0) is 13.6 Å². The summed E-state index contributed by atoms with van der Waals surface area (Å²) in [7, 11) is 3.38. The fourth-order valence-electron chi connectivity index (χ4n) is 1.89. The zero-order valence-corrected chi connectivity index (χ0v) is 11.2. The van der Waals surface area contributed by atoms with Crippen LogP contribution < -0.4 is 0 Å². The van der Waals surface area contributed by atoms with Crippen LogP contribution in [0.25, 0.3) is 0 Å². The average molecular weight is 274 g/mol. The van der Waals surface area contributed by atoms with Gasteiger partial charge < -0.3 is 4.90 Å². The van der Waals surface area contributed by atoms with E-state index in [0.717, 1.165) is 5.69 Å². The van der Waals surface area contributed by atoms with Gasteiger partial charge in [-0.05, 0) is 12.1 Å². The second kappa shape index (κ2) is 5.52. The number of nitro groups is 1. The summed E-state index contributed by atoms with van der Waals surface area (Å²) in [5.41, 5.74) is 0.746. The van der Waals surface area contributed by atoms with Crippen molar-refractivity contribution in [2.24, 2.45) is 7.05 Å². The molecule has 7 heteroatoms. The lowest BCUT2D eigenvalue weighted by Crippen LogP contribution is -2.27. The Hall–Kier alpha value is -2.70. The fraction of sp³-hybridized carbons (Fsp3) is 0.231. The standard InChI is InChI=1S/C13H14N4O3/c1-15(9-10-7-8-14-16(10)2)13(18)11-5-3-4-6-12(11)17(19)20/h3-8H,9H2,1-2H3. The van der Waals surface area contributed by atoms with Crippen molar-refractivity contribution in [2.75, 3.05) is 7.05 Å². The van der Waals surface area contributed by atoms with E-state index in [9.17, 15) is 14.9 Å². The number of rotatable bonds is 4. The van der Waals surface area contributed by atoms with E-state index in [1.807, 2.05) is 0 Å². The van der Waals surface area contributed by atoms with Crippen molar-refractivity contribution >= 4 is 11.6 Å². The molecule has 0 saturated carbocycles. The van der Waals surface area contributed by atoms with E-state index in [0.29, 0.717) is 6.54 Å². The molecular weight excluding hydrogens is 260 g/mol. The summed E-state index contributed by atoms with van der Waals surface area (Å²) in [6.45, 7) is 0.335. The van der Waals surface area contributed by atoms with Crippen LogP contribution in [0.5, 0.6) is 0 Å². The maximum atomic E-state index is 12.3. The van der Waals surface area contributed by atoms with Gasteiger partial charge in [0.15, 0.2) is 0 Å². The molecular formula is C13H14N4O3. The number of nitro benzene ring substituents is 1. The van der Waals surface area contributed by atoms with Crippen LogP contribution in [0.15, 0.2) is 36.5 Å². The van der Waals surface area contributed by atoms with Crippen LogP contribution in [0, 0.1) is 10.1 Å². The monoisotopic (exact) mass is 274 g/mol. The van der Waals surface area contributed by atoms with Gasteiger partial charge in [-0.3, -0.25) is 19.6 Å². The second-order valence-corrected chi connectivity index (χ2v) is 4.38. The van der Waals surface area contributed by atoms with Gasteiger partial charge in [0.25, 0.3) is 11.6 Å². The van der Waals surface area contributed by atoms with Gasteiger partial charge in [0, 0.05) is 26.4 Å². The van der Waals surface area contributed by atoms with E-state index in [-0.39, 0.29) is 11.3 Å². The third-order valence-electron chi connectivity index (χ3n) is 3.00. The number of para-hydroxylation sites is 1. The molecule has 2 rings (SSSR count).